The molecular weight excluding hydrogens is 695 g/mol. The van der Waals surface area contributed by atoms with Gasteiger partial charge in [-0.25, -0.2) is 0 Å². The van der Waals surface area contributed by atoms with Crippen molar-refractivity contribution in [1.82, 2.24) is 0 Å². The summed E-state index contributed by atoms with van der Waals surface area (Å²) in [7, 11) is 0. The van der Waals surface area contributed by atoms with Crippen molar-refractivity contribution in [2.75, 3.05) is 0 Å². The van der Waals surface area contributed by atoms with Crippen LogP contribution in [0.1, 0.15) is 0 Å². The monoisotopic (exact) mass is 720 g/mol. The maximum absolute atomic E-state index is 2.96. The summed E-state index contributed by atoms with van der Waals surface area (Å²) in [4.78, 5) is 0. The number of hydrogen-bond acceptors (Lipinski definition) is 0. The fraction of sp³-hybridized carbons (Fsp3) is 1.00. The molecule has 14 heavy (non-hydrogen) atoms. The van der Waals surface area contributed by atoms with Crippen LogP contribution >= 0.6 is 0 Å². The van der Waals surface area contributed by atoms with E-state index in [2.05, 4.69) is 37.5 Å². The van der Waals surface area contributed by atoms with Gasteiger partial charge in [-0.1, -0.05) is 0 Å². The Bertz CT molecular complexity index is 215. The van der Waals surface area contributed by atoms with Crippen LogP contribution in [0.4, 0.5) is 0 Å². The van der Waals surface area contributed by atoms with E-state index in [0.29, 0.717) is 0 Å². The predicted octanol–water partition coefficient (Wildman–Crippen LogP) is 0.210. The van der Waals surface area contributed by atoms with Gasteiger partial charge in [-0.05, 0) is 0 Å². The number of hydrogen-bond donors (Lipinski definition) is 0. The van der Waals surface area contributed by atoms with Crippen LogP contribution in [0.2, 0.25) is 37.5 Å². The van der Waals surface area contributed by atoms with E-state index < -0.39 is 0 Å². The van der Waals surface area contributed by atoms with Gasteiger partial charge in [-0.15, -0.1) is 0 Å². The fourth-order valence-corrected chi connectivity index (χ4v) is 774. The second-order valence-electron chi connectivity index (χ2n) is 5.30. The molecule has 4 fully saturated rings. The minimum absolute atomic E-state index is 0.307. The Morgan fingerprint density at radius 2 is 0.786 bits per heavy atom. The first-order chi connectivity index (χ1) is 6.24. The third-order valence-corrected chi connectivity index (χ3v) is 260. The summed E-state index contributed by atoms with van der Waals surface area (Å²) >= 11 is 2.94. The van der Waals surface area contributed by atoms with Gasteiger partial charge < -0.3 is 0 Å². The molecule has 8 heteroatoms. The predicted molar refractivity (Wildman–Crippen MR) is 79.1 cm³/mol. The van der Waals surface area contributed by atoms with Crippen LogP contribution in [-0.4, -0.2) is 90.1 Å². The molecule has 4 bridgehead atoms. The van der Waals surface area contributed by atoms with Gasteiger partial charge in [0.25, 0.3) is 0 Å². The molecule has 0 nitrogen and oxygen atoms in total. The van der Waals surface area contributed by atoms with Crippen LogP contribution in [0.15, 0.2) is 0 Å². The second-order valence-corrected chi connectivity index (χ2v) is 133. The van der Waals surface area contributed by atoms with Gasteiger partial charge in [0.2, 0.25) is 0 Å². The van der Waals surface area contributed by atoms with Gasteiger partial charge in [0.15, 0.2) is 0 Å². The van der Waals surface area contributed by atoms with Crippen LogP contribution < -0.4 is 0 Å². The van der Waals surface area contributed by atoms with Crippen LogP contribution in [0.3, 0.4) is 0 Å². The molecule has 4 aliphatic heterocycles. The van der Waals surface area contributed by atoms with Crippen molar-refractivity contribution in [2.45, 2.75) is 37.5 Å². The Labute approximate surface area is 125 Å². The Balaban J connectivity index is 2.08. The average molecular weight is 711 g/mol. The Morgan fingerprint density at radius 1 is 0.571 bits per heavy atom. The summed E-state index contributed by atoms with van der Waals surface area (Å²) in [5.41, 5.74) is 4.17. The van der Waals surface area contributed by atoms with E-state index in [1.807, 2.05) is 0 Å². The van der Waals surface area contributed by atoms with E-state index in [0.717, 1.165) is 77.4 Å². The SMILES string of the molecule is C[Si]12C[Si]3(C)[Te][Si](C)(C[Si](C)([Te]1)[Te]3)[Te]2. The third kappa shape index (κ3) is 2.26. The molecule has 0 aromatic heterocycles. The summed E-state index contributed by atoms with van der Waals surface area (Å²) in [5.74, 6) is 0. The van der Waals surface area contributed by atoms with Gasteiger partial charge in [0, 0.05) is 0 Å². The summed E-state index contributed by atoms with van der Waals surface area (Å²) in [5, 5.41) is 0. The molecule has 0 aliphatic carbocycles. The zero-order valence-electron chi connectivity index (χ0n) is 9.05. The fourth-order valence-electron chi connectivity index (χ4n) is 3.37. The molecule has 0 unspecified atom stereocenters. The second kappa shape index (κ2) is 3.78. The van der Waals surface area contributed by atoms with Crippen molar-refractivity contribution in [1.29, 1.82) is 0 Å². The van der Waals surface area contributed by atoms with Crippen molar-refractivity contribution >= 4 is 90.1 Å². The molecule has 4 saturated heterocycles. The maximum atomic E-state index is 2.96. The van der Waals surface area contributed by atoms with E-state index in [1.54, 1.807) is 0 Å². The normalized spacial score (nSPS) is 66.0. The van der Waals surface area contributed by atoms with E-state index >= 15 is 0 Å². The molecule has 0 aromatic rings. The molecule has 4 rings (SSSR count). The zero-order chi connectivity index (χ0) is 10.2. The minimum atomic E-state index is -0.307. The van der Waals surface area contributed by atoms with E-state index in [1.165, 1.54) is 0 Å². The van der Waals surface area contributed by atoms with Gasteiger partial charge in [-0.2, -0.15) is 0 Å². The van der Waals surface area contributed by atoms with Crippen molar-refractivity contribution < 1.29 is 0 Å². The molecule has 80 valence electrons. The van der Waals surface area contributed by atoms with E-state index in [9.17, 15) is 0 Å². The van der Waals surface area contributed by atoms with Gasteiger partial charge >= 0.3 is 128 Å². The summed E-state index contributed by atoms with van der Waals surface area (Å²) in [6, 6.07) is 0. The number of rotatable bonds is 0. The molecule has 0 saturated carbocycles. The summed E-state index contributed by atoms with van der Waals surface area (Å²) in [6.45, 7) is 11.8. The molecule has 0 aromatic carbocycles. The Morgan fingerprint density at radius 3 is 1.00 bits per heavy atom. The first kappa shape index (κ1) is 13.0. The Hall–Kier alpha value is 4.03. The Kier molecular flexibility index (Phi) is 3.52. The van der Waals surface area contributed by atoms with Gasteiger partial charge in [-0.3, -0.25) is 0 Å². The molecule has 4 heterocycles. The molecule has 0 atom stereocenters. The average Bonchev–Trinajstić information content (AvgIpc) is 1.67. The van der Waals surface area contributed by atoms with Crippen molar-refractivity contribution in [3.63, 3.8) is 0 Å². The molecular formula is C6H16Si4Te4. The molecule has 4 aliphatic rings. The molecule has 0 spiro atoms. The third-order valence-electron chi connectivity index (χ3n) is 3.01. The standard InChI is InChI=1S/C6H16Si4Te4/c1-7-5-8(2)13-9(3,11-7)6-10(4,12-7)14-8/h5-6H2,1-4H3. The molecule has 0 radical (unpaired) electrons. The van der Waals surface area contributed by atoms with Crippen molar-refractivity contribution in [2.24, 2.45) is 0 Å². The molecule has 0 N–H and O–H groups in total. The van der Waals surface area contributed by atoms with Crippen molar-refractivity contribution in [3.8, 4) is 0 Å². The topological polar surface area (TPSA) is 0 Å². The van der Waals surface area contributed by atoms with Crippen LogP contribution in [-0.2, 0) is 0 Å². The summed E-state index contributed by atoms with van der Waals surface area (Å²) < 4.78 is -1.23. The van der Waals surface area contributed by atoms with E-state index in [4.69, 9.17) is 0 Å². The quantitative estimate of drug-likeness (QED) is 0.316. The first-order valence-electron chi connectivity index (χ1n) is 5.05. The van der Waals surface area contributed by atoms with Crippen LogP contribution in [0, 0.1) is 0 Å². The van der Waals surface area contributed by atoms with Crippen molar-refractivity contribution in [3.05, 3.63) is 0 Å². The zero-order valence-corrected chi connectivity index (χ0v) is 22.4. The van der Waals surface area contributed by atoms with Gasteiger partial charge in [0.05, 0.1) is 0 Å². The van der Waals surface area contributed by atoms with E-state index in [-0.39, 0.29) is 12.7 Å². The summed E-state index contributed by atoms with van der Waals surface area (Å²) in [6.07, 6.45) is 0. The first-order valence-corrected chi connectivity index (χ1v) is 43.1. The van der Waals surface area contributed by atoms with Crippen LogP contribution in [0.25, 0.3) is 0 Å². The molecule has 0 amide bonds. The van der Waals surface area contributed by atoms with Gasteiger partial charge in [0.1, 0.15) is 0 Å². The van der Waals surface area contributed by atoms with Crippen LogP contribution in [0.5, 0.6) is 0 Å².